The number of carboxylic acid groups (broad SMARTS) is 1. The van der Waals surface area contributed by atoms with E-state index in [1.165, 1.54) is 28.0 Å². The minimum Gasteiger partial charge on any atom is -0.481 e. The predicted octanol–water partition coefficient (Wildman–Crippen LogP) is 2.18. The zero-order chi connectivity index (χ0) is 14.7. The largest absolute Gasteiger partial charge is 0.481 e. The molecule has 0 aliphatic carbocycles. The summed E-state index contributed by atoms with van der Waals surface area (Å²) in [7, 11) is 1.56. The van der Waals surface area contributed by atoms with Crippen molar-refractivity contribution >= 4 is 17.7 Å². The number of likely N-dealkylation sites (tertiary alicyclic amines) is 1. The first kappa shape index (κ1) is 14.3. The molecular weight excluding hydrogens is 263 g/mol. The Balaban J connectivity index is 2.08. The van der Waals surface area contributed by atoms with Gasteiger partial charge in [0, 0.05) is 25.8 Å². The van der Waals surface area contributed by atoms with Gasteiger partial charge in [0.1, 0.15) is 5.82 Å². The summed E-state index contributed by atoms with van der Waals surface area (Å²) in [4.78, 5) is 26.2. The van der Waals surface area contributed by atoms with Crippen LogP contribution in [0.25, 0.3) is 0 Å². The first-order chi connectivity index (χ1) is 9.49. The number of hydrogen-bond acceptors (Lipinski definition) is 2. The fraction of sp³-hybridized carbons (Fsp3) is 0.429. The minimum absolute atomic E-state index is 0.202. The molecule has 6 heteroatoms. The van der Waals surface area contributed by atoms with Crippen LogP contribution < -0.4 is 4.90 Å². The molecule has 0 saturated carbocycles. The van der Waals surface area contributed by atoms with Gasteiger partial charge in [-0.2, -0.15) is 0 Å². The maximum Gasteiger partial charge on any atom is 0.324 e. The Morgan fingerprint density at radius 1 is 1.45 bits per heavy atom. The lowest BCUT2D eigenvalue weighted by molar-refractivity contribution is -0.143. The Kier molecular flexibility index (Phi) is 4.22. The third-order valence-corrected chi connectivity index (χ3v) is 3.52. The molecule has 1 N–H and O–H groups in total. The SMILES string of the molecule is CN(C(=O)N1CCC[C@H](C(=O)O)C1)c1cccc(F)c1. The van der Waals surface area contributed by atoms with E-state index < -0.39 is 17.7 Å². The highest BCUT2D eigenvalue weighted by Gasteiger charge is 2.29. The normalized spacial score (nSPS) is 18.7. The van der Waals surface area contributed by atoms with Crippen molar-refractivity contribution in [2.24, 2.45) is 5.92 Å². The third-order valence-electron chi connectivity index (χ3n) is 3.52. The number of benzene rings is 1. The fourth-order valence-electron chi connectivity index (χ4n) is 2.36. The highest BCUT2D eigenvalue weighted by atomic mass is 19.1. The van der Waals surface area contributed by atoms with Crippen molar-refractivity contribution in [3.05, 3.63) is 30.1 Å². The number of urea groups is 1. The molecule has 0 bridgehead atoms. The molecule has 20 heavy (non-hydrogen) atoms. The second-order valence-electron chi connectivity index (χ2n) is 4.94. The average molecular weight is 280 g/mol. The molecule has 1 heterocycles. The van der Waals surface area contributed by atoms with Crippen LogP contribution in [0.4, 0.5) is 14.9 Å². The molecule has 1 fully saturated rings. The predicted molar refractivity (Wildman–Crippen MR) is 72.1 cm³/mol. The van der Waals surface area contributed by atoms with Crippen molar-refractivity contribution in [2.75, 3.05) is 25.0 Å². The average Bonchev–Trinajstić information content (AvgIpc) is 2.45. The molecule has 1 atom stereocenters. The van der Waals surface area contributed by atoms with E-state index in [-0.39, 0.29) is 12.6 Å². The summed E-state index contributed by atoms with van der Waals surface area (Å²) in [5, 5.41) is 9.03. The van der Waals surface area contributed by atoms with E-state index >= 15 is 0 Å². The Hall–Kier alpha value is -2.11. The highest BCUT2D eigenvalue weighted by molar-refractivity contribution is 5.91. The quantitative estimate of drug-likeness (QED) is 0.903. The number of aliphatic carboxylic acids is 1. The minimum atomic E-state index is -0.879. The van der Waals surface area contributed by atoms with E-state index in [0.717, 1.165) is 0 Å². The number of carboxylic acids is 1. The van der Waals surface area contributed by atoms with Crippen molar-refractivity contribution < 1.29 is 19.1 Å². The van der Waals surface area contributed by atoms with Gasteiger partial charge in [0.05, 0.1) is 5.92 Å². The van der Waals surface area contributed by atoms with Crippen LogP contribution in [0, 0.1) is 11.7 Å². The van der Waals surface area contributed by atoms with Crippen LogP contribution in [0.3, 0.4) is 0 Å². The first-order valence-electron chi connectivity index (χ1n) is 6.50. The molecule has 0 radical (unpaired) electrons. The molecule has 1 aromatic carbocycles. The number of piperidine rings is 1. The highest BCUT2D eigenvalue weighted by Crippen LogP contribution is 2.20. The number of anilines is 1. The van der Waals surface area contributed by atoms with Crippen molar-refractivity contribution in [1.82, 2.24) is 4.90 Å². The molecule has 5 nitrogen and oxygen atoms in total. The molecule has 0 aromatic heterocycles. The Morgan fingerprint density at radius 2 is 2.20 bits per heavy atom. The second kappa shape index (κ2) is 5.90. The molecule has 2 amide bonds. The summed E-state index contributed by atoms with van der Waals surface area (Å²) in [5.41, 5.74) is 0.451. The van der Waals surface area contributed by atoms with Crippen LogP contribution in [0.5, 0.6) is 0 Å². The van der Waals surface area contributed by atoms with E-state index in [1.807, 2.05) is 0 Å². The number of amides is 2. The topological polar surface area (TPSA) is 60.9 Å². The van der Waals surface area contributed by atoms with Crippen molar-refractivity contribution in [1.29, 1.82) is 0 Å². The molecule has 0 spiro atoms. The van der Waals surface area contributed by atoms with E-state index in [9.17, 15) is 14.0 Å². The van der Waals surface area contributed by atoms with E-state index in [1.54, 1.807) is 13.1 Å². The lowest BCUT2D eigenvalue weighted by Crippen LogP contribution is -2.47. The van der Waals surface area contributed by atoms with Crippen LogP contribution >= 0.6 is 0 Å². The second-order valence-corrected chi connectivity index (χ2v) is 4.94. The summed E-state index contributed by atoms with van der Waals surface area (Å²) in [6.07, 6.45) is 1.25. The Labute approximate surface area is 116 Å². The number of carbonyl (C=O) groups is 2. The summed E-state index contributed by atoms with van der Waals surface area (Å²) >= 11 is 0. The van der Waals surface area contributed by atoms with Gasteiger partial charge in [-0.05, 0) is 31.0 Å². The molecule has 2 rings (SSSR count). The number of halogens is 1. The summed E-state index contributed by atoms with van der Waals surface area (Å²) in [6.45, 7) is 0.732. The van der Waals surface area contributed by atoms with Gasteiger partial charge in [0.2, 0.25) is 0 Å². The monoisotopic (exact) mass is 280 g/mol. The zero-order valence-corrected chi connectivity index (χ0v) is 11.3. The number of carbonyl (C=O) groups excluding carboxylic acids is 1. The van der Waals surface area contributed by atoms with Crippen LogP contribution in [-0.4, -0.2) is 42.1 Å². The molecule has 1 aliphatic rings. The third kappa shape index (κ3) is 3.07. The molecule has 0 unspecified atom stereocenters. The van der Waals surface area contributed by atoms with Gasteiger partial charge < -0.3 is 10.0 Å². The van der Waals surface area contributed by atoms with Crippen molar-refractivity contribution in [2.45, 2.75) is 12.8 Å². The van der Waals surface area contributed by atoms with Gasteiger partial charge in [0.15, 0.2) is 0 Å². The van der Waals surface area contributed by atoms with E-state index in [2.05, 4.69) is 0 Å². The van der Waals surface area contributed by atoms with E-state index in [0.29, 0.717) is 25.1 Å². The molecule has 1 saturated heterocycles. The van der Waals surface area contributed by atoms with Gasteiger partial charge >= 0.3 is 12.0 Å². The molecule has 1 aliphatic heterocycles. The van der Waals surface area contributed by atoms with Gasteiger partial charge in [0.25, 0.3) is 0 Å². The number of hydrogen-bond donors (Lipinski definition) is 1. The standard InChI is InChI=1S/C14H17FN2O3/c1-16(12-6-2-5-11(15)8-12)14(20)17-7-3-4-10(9-17)13(18)19/h2,5-6,8,10H,3-4,7,9H2,1H3,(H,18,19)/t10-/m0/s1. The summed E-state index contributed by atoms with van der Waals surface area (Å²) in [5.74, 6) is -1.81. The van der Waals surface area contributed by atoms with Crippen LogP contribution in [0.1, 0.15) is 12.8 Å². The molecule has 108 valence electrons. The maximum atomic E-state index is 13.2. The van der Waals surface area contributed by atoms with E-state index in [4.69, 9.17) is 5.11 Å². The zero-order valence-electron chi connectivity index (χ0n) is 11.3. The maximum absolute atomic E-state index is 13.2. The Morgan fingerprint density at radius 3 is 2.85 bits per heavy atom. The fourth-order valence-corrected chi connectivity index (χ4v) is 2.36. The molecule has 1 aromatic rings. The van der Waals surface area contributed by atoms with Crippen LogP contribution in [0.2, 0.25) is 0 Å². The number of nitrogens with zero attached hydrogens (tertiary/aromatic N) is 2. The first-order valence-corrected chi connectivity index (χ1v) is 6.50. The van der Waals surface area contributed by atoms with Gasteiger partial charge in [-0.15, -0.1) is 0 Å². The van der Waals surface area contributed by atoms with Gasteiger partial charge in [-0.25, -0.2) is 9.18 Å². The lowest BCUT2D eigenvalue weighted by atomic mass is 9.99. The molecular formula is C14H17FN2O3. The van der Waals surface area contributed by atoms with Crippen LogP contribution in [0.15, 0.2) is 24.3 Å². The Bertz CT molecular complexity index is 521. The van der Waals surface area contributed by atoms with Gasteiger partial charge in [-0.1, -0.05) is 6.07 Å². The van der Waals surface area contributed by atoms with Crippen molar-refractivity contribution in [3.8, 4) is 0 Å². The van der Waals surface area contributed by atoms with Gasteiger partial charge in [-0.3, -0.25) is 9.69 Å². The number of rotatable bonds is 2. The van der Waals surface area contributed by atoms with Crippen LogP contribution in [-0.2, 0) is 4.79 Å². The lowest BCUT2D eigenvalue weighted by Gasteiger charge is -2.33. The van der Waals surface area contributed by atoms with Crippen molar-refractivity contribution in [3.63, 3.8) is 0 Å². The smallest absolute Gasteiger partial charge is 0.324 e. The summed E-state index contributed by atoms with van der Waals surface area (Å²) in [6, 6.07) is 5.45. The summed E-state index contributed by atoms with van der Waals surface area (Å²) < 4.78 is 13.2.